The molecule has 2 N–H and O–H groups in total. The van der Waals surface area contributed by atoms with Crippen LogP contribution in [0.1, 0.15) is 13.3 Å². The van der Waals surface area contributed by atoms with Gasteiger partial charge in [-0.2, -0.15) is 4.98 Å². The number of aliphatic hydroxyl groups is 1. The Morgan fingerprint density at radius 3 is 2.79 bits per heavy atom. The van der Waals surface area contributed by atoms with Crippen LogP contribution in [0.5, 0.6) is 0 Å². The molecule has 106 valence electrons. The molecule has 0 saturated carbocycles. The van der Waals surface area contributed by atoms with E-state index >= 15 is 0 Å². The minimum Gasteiger partial charge on any atom is -0.395 e. The number of aliphatic hydroxyl groups excluding tert-OH is 1. The first-order valence-electron chi connectivity index (χ1n) is 6.98. The van der Waals surface area contributed by atoms with Gasteiger partial charge in [-0.05, 0) is 12.5 Å². The Morgan fingerprint density at radius 2 is 2.11 bits per heavy atom. The molecule has 1 aliphatic rings. The van der Waals surface area contributed by atoms with E-state index in [1.54, 1.807) is 6.20 Å². The molecular weight excluding hydrogens is 242 g/mol. The average molecular weight is 265 g/mol. The van der Waals surface area contributed by atoms with E-state index in [0.717, 1.165) is 51.5 Å². The second-order valence-electron chi connectivity index (χ2n) is 4.72. The molecule has 1 aromatic heterocycles. The quantitative estimate of drug-likeness (QED) is 0.777. The Hall–Kier alpha value is -1.40. The molecular formula is C13H23N5O. The lowest BCUT2D eigenvalue weighted by Crippen LogP contribution is -2.47. The van der Waals surface area contributed by atoms with Crippen molar-refractivity contribution in [1.82, 2.24) is 14.9 Å². The van der Waals surface area contributed by atoms with Crippen LogP contribution >= 0.6 is 0 Å². The van der Waals surface area contributed by atoms with Gasteiger partial charge < -0.3 is 15.3 Å². The molecule has 0 aromatic carbocycles. The third kappa shape index (κ3) is 4.04. The maximum atomic E-state index is 8.94. The number of hydrogen-bond acceptors (Lipinski definition) is 6. The molecule has 1 fully saturated rings. The molecule has 0 radical (unpaired) electrons. The molecule has 0 spiro atoms. The average Bonchev–Trinajstić information content (AvgIpc) is 2.46. The Labute approximate surface area is 114 Å². The number of nitrogens with one attached hydrogen (secondary N) is 1. The van der Waals surface area contributed by atoms with E-state index in [9.17, 15) is 0 Å². The van der Waals surface area contributed by atoms with Gasteiger partial charge in [0, 0.05) is 45.5 Å². The lowest BCUT2D eigenvalue weighted by atomic mass is 10.3. The maximum absolute atomic E-state index is 8.94. The number of nitrogens with zero attached hydrogens (tertiary/aromatic N) is 4. The Kier molecular flexibility index (Phi) is 5.35. The molecule has 0 amide bonds. The first kappa shape index (κ1) is 14.0. The van der Waals surface area contributed by atoms with Crippen molar-refractivity contribution in [3.63, 3.8) is 0 Å². The zero-order valence-electron chi connectivity index (χ0n) is 11.5. The van der Waals surface area contributed by atoms with Crippen molar-refractivity contribution >= 4 is 11.8 Å². The topological polar surface area (TPSA) is 64.5 Å². The van der Waals surface area contributed by atoms with Crippen LogP contribution in [0.25, 0.3) is 0 Å². The molecule has 19 heavy (non-hydrogen) atoms. The molecule has 0 aliphatic carbocycles. The summed E-state index contributed by atoms with van der Waals surface area (Å²) in [5.74, 6) is 1.69. The van der Waals surface area contributed by atoms with Crippen LogP contribution in [0.15, 0.2) is 12.3 Å². The summed E-state index contributed by atoms with van der Waals surface area (Å²) in [5.41, 5.74) is 0. The normalized spacial score (nSPS) is 16.6. The third-order valence-electron chi connectivity index (χ3n) is 3.29. The summed E-state index contributed by atoms with van der Waals surface area (Å²) in [6.07, 6.45) is 2.87. The van der Waals surface area contributed by atoms with Crippen LogP contribution in [0.2, 0.25) is 0 Å². The van der Waals surface area contributed by atoms with Crippen molar-refractivity contribution in [3.05, 3.63) is 12.3 Å². The monoisotopic (exact) mass is 265 g/mol. The minimum absolute atomic E-state index is 0.235. The summed E-state index contributed by atoms with van der Waals surface area (Å²) in [7, 11) is 0. The summed E-state index contributed by atoms with van der Waals surface area (Å²) in [6, 6.07) is 1.96. The largest absolute Gasteiger partial charge is 0.395 e. The van der Waals surface area contributed by atoms with E-state index in [-0.39, 0.29) is 6.61 Å². The van der Waals surface area contributed by atoms with Crippen LogP contribution < -0.4 is 10.2 Å². The highest BCUT2D eigenvalue weighted by Gasteiger charge is 2.17. The molecule has 0 unspecified atom stereocenters. The van der Waals surface area contributed by atoms with E-state index in [4.69, 9.17) is 5.11 Å². The smallest absolute Gasteiger partial charge is 0.224 e. The minimum atomic E-state index is 0.235. The van der Waals surface area contributed by atoms with Crippen LogP contribution in [0, 0.1) is 0 Å². The zero-order valence-corrected chi connectivity index (χ0v) is 11.5. The number of anilines is 2. The highest BCUT2D eigenvalue weighted by molar-refractivity contribution is 5.42. The van der Waals surface area contributed by atoms with Crippen molar-refractivity contribution in [2.75, 3.05) is 56.1 Å². The van der Waals surface area contributed by atoms with Gasteiger partial charge in [0.1, 0.15) is 5.82 Å². The number of rotatable bonds is 6. The van der Waals surface area contributed by atoms with Gasteiger partial charge in [0.25, 0.3) is 0 Å². The van der Waals surface area contributed by atoms with Crippen molar-refractivity contribution in [2.24, 2.45) is 0 Å². The van der Waals surface area contributed by atoms with Gasteiger partial charge in [-0.25, -0.2) is 4.98 Å². The maximum Gasteiger partial charge on any atom is 0.224 e. The fourth-order valence-electron chi connectivity index (χ4n) is 2.19. The Bertz CT molecular complexity index is 379. The van der Waals surface area contributed by atoms with Crippen molar-refractivity contribution in [1.29, 1.82) is 0 Å². The Balaban J connectivity index is 1.91. The van der Waals surface area contributed by atoms with E-state index in [1.165, 1.54) is 0 Å². The summed E-state index contributed by atoms with van der Waals surface area (Å²) in [5, 5.41) is 12.1. The number of hydrogen-bond donors (Lipinski definition) is 2. The van der Waals surface area contributed by atoms with Gasteiger partial charge in [0.05, 0.1) is 6.61 Å². The van der Waals surface area contributed by atoms with E-state index in [2.05, 4.69) is 32.0 Å². The van der Waals surface area contributed by atoms with Crippen molar-refractivity contribution < 1.29 is 5.11 Å². The molecule has 6 nitrogen and oxygen atoms in total. The van der Waals surface area contributed by atoms with E-state index in [0.29, 0.717) is 5.95 Å². The highest BCUT2D eigenvalue weighted by Crippen LogP contribution is 2.14. The molecule has 2 heterocycles. The van der Waals surface area contributed by atoms with Gasteiger partial charge in [-0.3, -0.25) is 4.90 Å². The molecule has 0 bridgehead atoms. The fraction of sp³-hybridized carbons (Fsp3) is 0.692. The van der Waals surface area contributed by atoms with Gasteiger partial charge in [0.15, 0.2) is 0 Å². The second kappa shape index (κ2) is 7.25. The second-order valence-corrected chi connectivity index (χ2v) is 4.72. The lowest BCUT2D eigenvalue weighted by molar-refractivity contribution is 0.188. The van der Waals surface area contributed by atoms with Crippen molar-refractivity contribution in [2.45, 2.75) is 13.3 Å². The van der Waals surface area contributed by atoms with Crippen LogP contribution in [0.3, 0.4) is 0 Å². The van der Waals surface area contributed by atoms with Gasteiger partial charge >= 0.3 is 0 Å². The number of aromatic nitrogens is 2. The molecule has 1 aliphatic heterocycles. The summed E-state index contributed by atoms with van der Waals surface area (Å²) in [6.45, 7) is 7.86. The van der Waals surface area contributed by atoms with Crippen LogP contribution in [-0.4, -0.2) is 65.8 Å². The van der Waals surface area contributed by atoms with Crippen LogP contribution in [-0.2, 0) is 0 Å². The predicted octanol–water partition coefficient (Wildman–Crippen LogP) is 0.413. The number of piperazine rings is 1. The SMILES string of the molecule is CCCNc1nccc(N2CCN(CCO)CC2)n1. The predicted molar refractivity (Wildman–Crippen MR) is 76.6 cm³/mol. The fourth-order valence-corrected chi connectivity index (χ4v) is 2.19. The standard InChI is InChI=1S/C13H23N5O/c1-2-4-14-13-15-5-3-12(16-13)18-8-6-17(7-9-18)10-11-19/h3,5,19H,2,4,6-11H2,1H3,(H,14,15,16). The van der Waals surface area contributed by atoms with Crippen LogP contribution in [0.4, 0.5) is 11.8 Å². The summed E-state index contributed by atoms with van der Waals surface area (Å²) >= 11 is 0. The molecule has 1 saturated heterocycles. The number of β-amino-alcohol motifs (C(OH)–C–C–N with tert-alkyl or cyclic N) is 1. The third-order valence-corrected chi connectivity index (χ3v) is 3.29. The first-order chi connectivity index (χ1) is 9.33. The molecule has 6 heteroatoms. The first-order valence-corrected chi connectivity index (χ1v) is 6.98. The van der Waals surface area contributed by atoms with E-state index < -0.39 is 0 Å². The summed E-state index contributed by atoms with van der Waals surface area (Å²) in [4.78, 5) is 13.3. The Morgan fingerprint density at radius 1 is 1.32 bits per heavy atom. The lowest BCUT2D eigenvalue weighted by Gasteiger charge is -2.35. The zero-order chi connectivity index (χ0) is 13.5. The van der Waals surface area contributed by atoms with Gasteiger partial charge in [-0.1, -0.05) is 6.92 Å². The van der Waals surface area contributed by atoms with Gasteiger partial charge in [-0.15, -0.1) is 0 Å². The molecule has 1 aromatic rings. The molecule has 2 rings (SSSR count). The molecule has 0 atom stereocenters. The van der Waals surface area contributed by atoms with E-state index in [1.807, 2.05) is 6.07 Å². The highest BCUT2D eigenvalue weighted by atomic mass is 16.3. The van der Waals surface area contributed by atoms with Gasteiger partial charge in [0.2, 0.25) is 5.95 Å². The van der Waals surface area contributed by atoms with Crippen molar-refractivity contribution in [3.8, 4) is 0 Å². The summed E-state index contributed by atoms with van der Waals surface area (Å²) < 4.78 is 0.